The molecule has 0 bridgehead atoms. The molecule has 1 aliphatic carbocycles. The van der Waals surface area contributed by atoms with Crippen LogP contribution in [0.1, 0.15) is 43.2 Å². The molecule has 0 amide bonds. The highest BCUT2D eigenvalue weighted by atomic mass is 19.1. The molecular weight excluding hydrogens is 410 g/mol. The van der Waals surface area contributed by atoms with Gasteiger partial charge in [0.1, 0.15) is 12.2 Å². The minimum Gasteiger partial charge on any atom is -0.480 e. The molecule has 172 valence electrons. The van der Waals surface area contributed by atoms with E-state index in [2.05, 4.69) is 11.4 Å². The lowest BCUT2D eigenvalue weighted by Crippen LogP contribution is -2.61. The molecule has 1 aliphatic rings. The predicted octanol–water partition coefficient (Wildman–Crippen LogP) is 3.12. The molecule has 0 saturated heterocycles. The third-order valence-electron chi connectivity index (χ3n) is 6.59. The first kappa shape index (κ1) is 24.4. The minimum atomic E-state index is -1.37. The van der Waals surface area contributed by atoms with Crippen molar-refractivity contribution in [2.75, 3.05) is 0 Å². The molecule has 8 heteroatoms. The third-order valence-corrected chi connectivity index (χ3v) is 6.59. The molecule has 6 nitrogen and oxygen atoms in total. The Morgan fingerprint density at radius 1 is 1.12 bits per heavy atom. The van der Waals surface area contributed by atoms with E-state index >= 15 is 0 Å². The van der Waals surface area contributed by atoms with Crippen molar-refractivity contribution in [3.05, 3.63) is 59.7 Å². The van der Waals surface area contributed by atoms with Crippen molar-refractivity contribution >= 4 is 13.1 Å². The largest absolute Gasteiger partial charge is 0.480 e. The van der Waals surface area contributed by atoms with Crippen LogP contribution in [-0.2, 0) is 18.0 Å². The summed E-state index contributed by atoms with van der Waals surface area (Å²) in [7, 11) is -1.37. The van der Waals surface area contributed by atoms with E-state index in [0.717, 1.165) is 16.7 Å². The van der Waals surface area contributed by atoms with Gasteiger partial charge in [-0.2, -0.15) is 0 Å². The first-order valence-electron chi connectivity index (χ1n) is 11.2. The fourth-order valence-corrected chi connectivity index (χ4v) is 4.42. The van der Waals surface area contributed by atoms with E-state index in [4.69, 9.17) is 15.8 Å². The van der Waals surface area contributed by atoms with Gasteiger partial charge < -0.3 is 26.2 Å². The van der Waals surface area contributed by atoms with Crippen molar-refractivity contribution in [3.8, 4) is 11.1 Å². The molecule has 0 aliphatic heterocycles. The average Bonchev–Trinajstić information content (AvgIpc) is 2.75. The van der Waals surface area contributed by atoms with E-state index in [1.165, 1.54) is 0 Å². The molecule has 0 radical (unpaired) electrons. The highest BCUT2D eigenvalue weighted by Crippen LogP contribution is 2.38. The number of alkyl halides is 1. The monoisotopic (exact) mass is 442 g/mol. The fourth-order valence-electron chi connectivity index (χ4n) is 4.42. The van der Waals surface area contributed by atoms with Gasteiger partial charge in [0, 0.05) is 12.6 Å². The van der Waals surface area contributed by atoms with Crippen LogP contribution in [0.2, 0.25) is 6.32 Å². The Morgan fingerprint density at radius 3 is 2.44 bits per heavy atom. The van der Waals surface area contributed by atoms with Gasteiger partial charge in [-0.05, 0) is 53.8 Å². The predicted molar refractivity (Wildman–Crippen MR) is 123 cm³/mol. The third kappa shape index (κ3) is 5.95. The second-order valence-corrected chi connectivity index (χ2v) is 8.81. The molecule has 6 N–H and O–H groups in total. The lowest BCUT2D eigenvalue weighted by Gasteiger charge is -2.45. The number of carboxylic acids is 1. The molecule has 1 fully saturated rings. The number of nitrogens with two attached hydrogens (primary N) is 1. The number of rotatable bonds is 12. The van der Waals surface area contributed by atoms with Gasteiger partial charge in [0.15, 0.2) is 0 Å². The number of benzene rings is 2. The highest BCUT2D eigenvalue weighted by Gasteiger charge is 2.48. The SMILES string of the molecule is NC(CCCCB(O)O)(C(=O)O)[C@H]1C[C@@H](NCc2ccccc2-c2ccc(CF)cc2)C1. The summed E-state index contributed by atoms with van der Waals surface area (Å²) < 4.78 is 12.8. The van der Waals surface area contributed by atoms with Gasteiger partial charge in [-0.3, -0.25) is 4.79 Å². The number of carboxylic acid groups (broad SMARTS) is 1. The van der Waals surface area contributed by atoms with Gasteiger partial charge in [0.05, 0.1) is 0 Å². The topological polar surface area (TPSA) is 116 Å². The molecule has 1 atom stereocenters. The first-order chi connectivity index (χ1) is 15.3. The Hall–Kier alpha value is -2.26. The zero-order chi connectivity index (χ0) is 23.1. The molecule has 2 aromatic carbocycles. The number of nitrogens with one attached hydrogen (secondary N) is 1. The molecule has 2 aromatic rings. The maximum atomic E-state index is 12.8. The standard InChI is InChI=1S/C24H32BFN2O4/c26-15-17-7-9-18(10-8-17)22-6-2-1-5-19(22)16-28-21-13-20(14-21)24(27,23(29)30)11-3-4-12-25(31)32/h1-2,5-10,20-21,28,31-32H,3-4,11-16,27H2,(H,29,30)/t20-,21+,24?. The number of unbranched alkanes of at least 4 members (excludes halogenated alkanes) is 1. The quantitative estimate of drug-likeness (QED) is 0.255. The Balaban J connectivity index is 1.54. The number of carbonyl (C=O) groups is 1. The molecule has 0 spiro atoms. The van der Waals surface area contributed by atoms with Crippen LogP contribution in [0.3, 0.4) is 0 Å². The Bertz CT molecular complexity index is 890. The summed E-state index contributed by atoms with van der Waals surface area (Å²) in [5.74, 6) is -1.10. The molecular formula is C24H32BFN2O4. The number of aliphatic carboxylic acids is 1. The van der Waals surface area contributed by atoms with Gasteiger partial charge in [-0.15, -0.1) is 0 Å². The van der Waals surface area contributed by atoms with Gasteiger partial charge in [-0.25, -0.2) is 4.39 Å². The summed E-state index contributed by atoms with van der Waals surface area (Å²) in [6, 6.07) is 15.7. The second-order valence-electron chi connectivity index (χ2n) is 8.81. The maximum absolute atomic E-state index is 12.8. The Labute approximate surface area is 188 Å². The van der Waals surface area contributed by atoms with Crippen LogP contribution in [-0.4, -0.2) is 39.8 Å². The van der Waals surface area contributed by atoms with Crippen molar-refractivity contribution in [1.82, 2.24) is 5.32 Å². The molecule has 1 unspecified atom stereocenters. The second kappa shape index (κ2) is 11.1. The van der Waals surface area contributed by atoms with Crippen molar-refractivity contribution in [2.45, 2.75) is 63.2 Å². The van der Waals surface area contributed by atoms with Gasteiger partial charge in [-0.1, -0.05) is 61.4 Å². The van der Waals surface area contributed by atoms with Crippen LogP contribution < -0.4 is 11.1 Å². The molecule has 1 saturated carbocycles. The van der Waals surface area contributed by atoms with Crippen molar-refractivity contribution in [2.24, 2.45) is 11.7 Å². The molecule has 3 rings (SSSR count). The first-order valence-corrected chi connectivity index (χ1v) is 11.2. The van der Waals surface area contributed by atoms with Gasteiger partial charge in [0.25, 0.3) is 0 Å². The zero-order valence-electron chi connectivity index (χ0n) is 18.2. The fraction of sp³-hybridized carbons (Fsp3) is 0.458. The summed E-state index contributed by atoms with van der Waals surface area (Å²) in [6.07, 6.45) is 3.01. The van der Waals surface area contributed by atoms with Crippen LogP contribution >= 0.6 is 0 Å². The Morgan fingerprint density at radius 2 is 1.81 bits per heavy atom. The van der Waals surface area contributed by atoms with E-state index < -0.39 is 25.3 Å². The van der Waals surface area contributed by atoms with Crippen LogP contribution in [0.15, 0.2) is 48.5 Å². The van der Waals surface area contributed by atoms with Crippen LogP contribution in [0, 0.1) is 5.92 Å². The van der Waals surface area contributed by atoms with Crippen LogP contribution in [0.5, 0.6) is 0 Å². The normalized spacial score (nSPS) is 19.8. The highest BCUT2D eigenvalue weighted by molar-refractivity contribution is 6.40. The number of halogens is 1. The summed E-state index contributed by atoms with van der Waals surface area (Å²) >= 11 is 0. The Kier molecular flexibility index (Phi) is 8.42. The molecule has 0 aromatic heterocycles. The summed E-state index contributed by atoms with van der Waals surface area (Å²) in [6.45, 7) is 0.173. The lowest BCUT2D eigenvalue weighted by molar-refractivity contribution is -0.148. The van der Waals surface area contributed by atoms with E-state index in [9.17, 15) is 14.3 Å². The average molecular weight is 442 g/mol. The van der Waals surface area contributed by atoms with E-state index in [1.54, 1.807) is 12.1 Å². The number of hydrogen-bond donors (Lipinski definition) is 5. The van der Waals surface area contributed by atoms with Gasteiger partial charge in [0.2, 0.25) is 0 Å². The maximum Gasteiger partial charge on any atom is 0.451 e. The smallest absolute Gasteiger partial charge is 0.451 e. The summed E-state index contributed by atoms with van der Waals surface area (Å²) in [4.78, 5) is 11.8. The molecule has 0 heterocycles. The van der Waals surface area contributed by atoms with Crippen LogP contribution in [0.25, 0.3) is 11.1 Å². The number of hydrogen-bond acceptors (Lipinski definition) is 5. The zero-order valence-corrected chi connectivity index (χ0v) is 18.2. The van der Waals surface area contributed by atoms with Crippen molar-refractivity contribution < 1.29 is 24.3 Å². The minimum absolute atomic E-state index is 0.111. The van der Waals surface area contributed by atoms with Crippen molar-refractivity contribution in [3.63, 3.8) is 0 Å². The van der Waals surface area contributed by atoms with E-state index in [0.29, 0.717) is 44.2 Å². The molecule has 32 heavy (non-hydrogen) atoms. The summed E-state index contributed by atoms with van der Waals surface area (Å²) in [5.41, 5.74) is 8.90. The van der Waals surface area contributed by atoms with Crippen molar-refractivity contribution in [1.29, 1.82) is 0 Å². The van der Waals surface area contributed by atoms with Gasteiger partial charge >= 0.3 is 13.1 Å². The van der Waals surface area contributed by atoms with Crippen LogP contribution in [0.4, 0.5) is 4.39 Å². The summed E-state index contributed by atoms with van der Waals surface area (Å²) in [5, 5.41) is 31.1. The van der Waals surface area contributed by atoms with E-state index in [-0.39, 0.29) is 18.3 Å². The lowest BCUT2D eigenvalue weighted by atomic mass is 9.66. The van der Waals surface area contributed by atoms with E-state index in [1.807, 2.05) is 30.3 Å².